The topological polar surface area (TPSA) is 29.6 Å². The maximum atomic E-state index is 2.49. The SMILES string of the molecule is CC(C)c1ccc(-n2c3ccccc3c3cc(-c4ccc5c(c4)c4ccccc4n5-c4ccc(C(C)C)cc4)ccc32)cc1.c1ccc(-c2ccc(-c3ccc4c(c3)c3cc(-c5ccc6c(c5)c5ccccc5n6-c5ccccc5)ccc3n4-c3ccccc3)cc2)cc1.c1ccc(-n2c3ccccc3c3cc(-c4cc5c6ccccc6n(-c6ccccc6)c5c5c4[se]c4ccccc45)ccc32)cc1. The first-order valence-electron chi connectivity index (χ1n) is 48.3. The molecule has 21 aromatic carbocycles. The number of aromatic nitrogens is 6. The number of fused-ring (bicyclic) bond motifs is 22. The summed E-state index contributed by atoms with van der Waals surface area (Å²) in [6.07, 6.45) is 0. The van der Waals surface area contributed by atoms with E-state index in [-0.39, 0.29) is 14.5 Å². The monoisotopic (exact) mass is 1840 g/mol. The molecule has 0 saturated carbocycles. The predicted molar refractivity (Wildman–Crippen MR) is 593 cm³/mol. The first-order chi connectivity index (χ1) is 68.6. The molecule has 0 saturated heterocycles. The Bertz CT molecular complexity index is 9480. The van der Waals surface area contributed by atoms with Crippen molar-refractivity contribution in [2.24, 2.45) is 0 Å². The van der Waals surface area contributed by atoms with E-state index in [0.717, 1.165) is 5.69 Å². The first-order valence-corrected chi connectivity index (χ1v) is 50.0. The minimum absolute atomic E-state index is 0.195. The summed E-state index contributed by atoms with van der Waals surface area (Å²) in [5.74, 6) is 1.03. The van der Waals surface area contributed by atoms with Crippen LogP contribution in [-0.4, -0.2) is 41.9 Å². The second kappa shape index (κ2) is 34.1. The number of nitrogens with zero attached hydrogens (tertiary/aromatic N) is 6. The van der Waals surface area contributed by atoms with Crippen molar-refractivity contribution in [2.45, 2.75) is 39.5 Å². The summed E-state index contributed by atoms with van der Waals surface area (Å²) in [5, 5.41) is 18.1. The van der Waals surface area contributed by atoms with Gasteiger partial charge < -0.3 is 18.3 Å². The van der Waals surface area contributed by atoms with Crippen LogP contribution in [0.5, 0.6) is 0 Å². The van der Waals surface area contributed by atoms with Crippen molar-refractivity contribution in [1.82, 2.24) is 27.4 Å². The van der Waals surface area contributed by atoms with Crippen LogP contribution < -0.4 is 0 Å². The molecule has 0 amide bonds. The van der Waals surface area contributed by atoms with Gasteiger partial charge in [-0.2, -0.15) is 0 Å². The third kappa shape index (κ3) is 14.1. The summed E-state index contributed by atoms with van der Waals surface area (Å²) in [5.41, 5.74) is 37.0. The van der Waals surface area contributed by atoms with Crippen LogP contribution in [0.25, 0.3) is 240 Å². The van der Waals surface area contributed by atoms with E-state index in [1.807, 2.05) is 0 Å². The molecule has 139 heavy (non-hydrogen) atoms. The van der Waals surface area contributed by atoms with E-state index in [1.165, 1.54) is 245 Å². The van der Waals surface area contributed by atoms with Crippen molar-refractivity contribution < 1.29 is 0 Å². The van der Waals surface area contributed by atoms with Crippen LogP contribution in [0.4, 0.5) is 0 Å². The molecule has 0 radical (unpaired) electrons. The fourth-order valence-electron chi connectivity index (χ4n) is 22.0. The molecule has 28 aromatic rings. The Hall–Kier alpha value is -17.1. The Balaban J connectivity index is 0.000000108. The molecule has 0 bridgehead atoms. The molecule has 6 nitrogen and oxygen atoms in total. The predicted octanol–water partition coefficient (Wildman–Crippen LogP) is 35.6. The normalized spacial score (nSPS) is 11.9. The summed E-state index contributed by atoms with van der Waals surface area (Å²) < 4.78 is 17.4. The van der Waals surface area contributed by atoms with Crippen LogP contribution in [0.3, 0.4) is 0 Å². The van der Waals surface area contributed by atoms with E-state index in [2.05, 4.69) is 540 Å². The van der Waals surface area contributed by atoms with Gasteiger partial charge in [0.1, 0.15) is 0 Å². The molecular formula is C132H94N6Se. The Labute approximate surface area is 811 Å². The molecule has 0 fully saturated rings. The van der Waals surface area contributed by atoms with E-state index in [4.69, 9.17) is 0 Å². The van der Waals surface area contributed by atoms with Crippen LogP contribution in [0.1, 0.15) is 50.7 Å². The van der Waals surface area contributed by atoms with E-state index < -0.39 is 0 Å². The summed E-state index contributed by atoms with van der Waals surface area (Å²) in [6.45, 7) is 8.98. The van der Waals surface area contributed by atoms with Gasteiger partial charge in [0.15, 0.2) is 0 Å². The fraction of sp³-hybridized carbons (Fsp3) is 0.0455. The number of benzene rings is 21. The summed E-state index contributed by atoms with van der Waals surface area (Å²) in [6, 6.07) is 178. The van der Waals surface area contributed by atoms with Crippen molar-refractivity contribution in [3.63, 3.8) is 0 Å². The molecule has 7 heterocycles. The van der Waals surface area contributed by atoms with Gasteiger partial charge in [0.25, 0.3) is 0 Å². The van der Waals surface area contributed by atoms with Gasteiger partial charge in [-0.15, -0.1) is 0 Å². The average Bonchev–Trinajstić information content (AvgIpc) is 1.53. The Morgan fingerprint density at radius 3 is 0.741 bits per heavy atom. The van der Waals surface area contributed by atoms with Gasteiger partial charge in [0.05, 0.1) is 44.1 Å². The standard InChI is InChI=1S/C48H32N2.C42H26N2Se.C42H36N2/c1-4-12-33(13-5-1)34-20-22-35(23-21-34)36-24-27-47-43(30-36)44-32-38(26-29-48(44)50(47)40-16-8-3-9-17-40)37-25-28-46-42(31-37)41-18-10-11-19-45(41)49(46)39-14-6-2-7-15-39;1-3-13-28(14-4-1)43-36-20-10-7-17-30(36)34-25-27(23-24-38(34)43)33-26-35-31-18-8-11-21-37(31)44(29-15-5-2-6-16-29)41(35)40-32-19-9-12-22-39(32)45-42(33)40;1-27(2)29-13-19-33(20-14-29)43-39-11-7-5-9-35(39)37-25-31(17-23-41(37)43)32-18-24-42-38(26-32)36-10-6-8-12-40(36)44(42)34-21-15-30(16-22-34)28(3)4/h1-32H;1-26H;5-28H,1-4H3. The van der Waals surface area contributed by atoms with Crippen LogP contribution in [0.15, 0.2) is 485 Å². The second-order valence-electron chi connectivity index (χ2n) is 37.4. The van der Waals surface area contributed by atoms with Crippen molar-refractivity contribution in [1.29, 1.82) is 0 Å². The van der Waals surface area contributed by atoms with Gasteiger partial charge in [-0.05, 0) is 195 Å². The van der Waals surface area contributed by atoms with Gasteiger partial charge >= 0.3 is 267 Å². The quantitative estimate of drug-likeness (QED) is 0.103. The molecule has 0 aliphatic rings. The van der Waals surface area contributed by atoms with Crippen molar-refractivity contribution in [2.75, 3.05) is 0 Å². The number of rotatable bonds is 13. The van der Waals surface area contributed by atoms with Crippen molar-refractivity contribution >= 4 is 165 Å². The van der Waals surface area contributed by atoms with E-state index in [0.29, 0.717) is 11.8 Å². The van der Waals surface area contributed by atoms with Crippen molar-refractivity contribution in [3.05, 3.63) is 496 Å². The van der Waals surface area contributed by atoms with Gasteiger partial charge in [-0.3, -0.25) is 0 Å². The first kappa shape index (κ1) is 82.6. The zero-order valence-corrected chi connectivity index (χ0v) is 79.1. The van der Waals surface area contributed by atoms with Crippen LogP contribution in [0, 0.1) is 0 Å². The summed E-state index contributed by atoms with van der Waals surface area (Å²) in [4.78, 5) is 0. The van der Waals surface area contributed by atoms with E-state index in [1.54, 1.807) is 0 Å². The molecule has 658 valence electrons. The molecule has 0 unspecified atom stereocenters. The van der Waals surface area contributed by atoms with Crippen molar-refractivity contribution in [3.8, 4) is 89.8 Å². The average molecular weight is 1840 g/mol. The van der Waals surface area contributed by atoms with Gasteiger partial charge in [-0.1, -0.05) is 228 Å². The molecule has 7 heteroatoms. The summed E-state index contributed by atoms with van der Waals surface area (Å²) >= 11 is 0.195. The van der Waals surface area contributed by atoms with Crippen LogP contribution in [-0.2, 0) is 0 Å². The number of para-hydroxylation sites is 9. The molecule has 0 aliphatic carbocycles. The minimum atomic E-state index is 0.195. The van der Waals surface area contributed by atoms with Crippen LogP contribution in [0.2, 0.25) is 0 Å². The Morgan fingerprint density at radius 2 is 0.396 bits per heavy atom. The molecule has 0 atom stereocenters. The van der Waals surface area contributed by atoms with E-state index >= 15 is 0 Å². The Kier molecular flexibility index (Phi) is 20.3. The Morgan fingerprint density at radius 1 is 0.165 bits per heavy atom. The number of hydrogen-bond acceptors (Lipinski definition) is 0. The summed E-state index contributed by atoms with van der Waals surface area (Å²) in [7, 11) is 0. The van der Waals surface area contributed by atoms with Gasteiger partial charge in [0, 0.05) is 65.8 Å². The van der Waals surface area contributed by atoms with E-state index in [9.17, 15) is 0 Å². The molecule has 0 spiro atoms. The molecule has 0 aliphatic heterocycles. The maximum absolute atomic E-state index is 2.49. The number of hydrogen-bond donors (Lipinski definition) is 0. The third-order valence-electron chi connectivity index (χ3n) is 28.7. The third-order valence-corrected chi connectivity index (χ3v) is 31.3. The molecular weight excluding hydrogens is 1750 g/mol. The molecule has 7 aromatic heterocycles. The molecule has 0 N–H and O–H groups in total. The fourth-order valence-corrected chi connectivity index (χ4v) is 24.6. The van der Waals surface area contributed by atoms with Crippen LogP contribution >= 0.6 is 0 Å². The van der Waals surface area contributed by atoms with Gasteiger partial charge in [-0.25, -0.2) is 0 Å². The molecule has 28 rings (SSSR count). The second-order valence-corrected chi connectivity index (χ2v) is 39.6. The zero-order chi connectivity index (χ0) is 92.5. The zero-order valence-electron chi connectivity index (χ0n) is 77.4. The van der Waals surface area contributed by atoms with Gasteiger partial charge in [0.2, 0.25) is 0 Å².